The second-order valence-electron chi connectivity index (χ2n) is 6.41. The monoisotopic (exact) mass is 405 g/mol. The number of unbranched alkanes of at least 4 members (excludes halogenated alkanes) is 1. The van der Waals surface area contributed by atoms with E-state index in [1.54, 1.807) is 0 Å². The molecule has 9 heteroatoms. The fourth-order valence-electron chi connectivity index (χ4n) is 3.00. The lowest BCUT2D eigenvalue weighted by molar-refractivity contribution is 0.0695. The number of aromatic carboxylic acids is 1. The molecule has 29 heavy (non-hydrogen) atoms. The average molecular weight is 405 g/mol. The van der Waals surface area contributed by atoms with Crippen molar-refractivity contribution in [2.24, 2.45) is 5.73 Å². The van der Waals surface area contributed by atoms with Gasteiger partial charge in [0, 0.05) is 24.2 Å². The first kappa shape index (κ1) is 20.4. The number of hydrogen-bond donors (Lipinski definition) is 3. The maximum atomic E-state index is 14.5. The number of hydrogen-bond acceptors (Lipinski definition) is 4. The number of nitrogens with one attached hydrogen (secondary N) is 1. The molecule has 1 heterocycles. The van der Waals surface area contributed by atoms with Gasteiger partial charge in [0.1, 0.15) is 23.0 Å². The highest BCUT2D eigenvalue weighted by Gasteiger charge is 2.19. The van der Waals surface area contributed by atoms with Crippen LogP contribution < -0.4 is 16.5 Å². The van der Waals surface area contributed by atoms with Crippen LogP contribution in [-0.2, 0) is 0 Å². The number of carbonyl (C=O) groups is 1. The molecule has 0 amide bonds. The predicted molar refractivity (Wildman–Crippen MR) is 103 cm³/mol. The summed E-state index contributed by atoms with van der Waals surface area (Å²) in [6, 6.07) is 4.95. The van der Waals surface area contributed by atoms with Gasteiger partial charge >= 0.3 is 5.97 Å². The van der Waals surface area contributed by atoms with Crippen LogP contribution in [-0.4, -0.2) is 28.7 Å². The van der Waals surface area contributed by atoms with Gasteiger partial charge in [-0.3, -0.25) is 4.79 Å². The number of carboxylic acids is 1. The first-order chi connectivity index (χ1) is 13.8. The Bertz CT molecular complexity index is 1150. The summed E-state index contributed by atoms with van der Waals surface area (Å²) in [5.41, 5.74) is 3.82. The summed E-state index contributed by atoms with van der Waals surface area (Å²) in [5.74, 6) is -4.08. The zero-order valence-electron chi connectivity index (χ0n) is 15.2. The van der Waals surface area contributed by atoms with Crippen LogP contribution in [0, 0.1) is 17.5 Å². The van der Waals surface area contributed by atoms with Gasteiger partial charge in [-0.2, -0.15) is 0 Å². The Balaban J connectivity index is 2.25. The molecule has 4 N–H and O–H groups in total. The molecule has 0 fully saturated rings. The third-order valence-electron chi connectivity index (χ3n) is 4.44. The topological polar surface area (TPSA) is 97.3 Å². The second kappa shape index (κ2) is 8.36. The maximum Gasteiger partial charge on any atom is 0.341 e. The van der Waals surface area contributed by atoms with Crippen LogP contribution >= 0.6 is 0 Å². The zero-order chi connectivity index (χ0) is 21.1. The molecule has 0 saturated carbocycles. The fraction of sp³-hybridized carbons (Fsp3) is 0.200. The Morgan fingerprint density at radius 2 is 1.86 bits per heavy atom. The highest BCUT2D eigenvalue weighted by Crippen LogP contribution is 2.26. The minimum atomic E-state index is -1.54. The third-order valence-corrected chi connectivity index (χ3v) is 4.44. The number of aromatic nitrogens is 1. The Morgan fingerprint density at radius 3 is 2.52 bits per heavy atom. The van der Waals surface area contributed by atoms with Crippen LogP contribution in [0.5, 0.6) is 0 Å². The van der Waals surface area contributed by atoms with E-state index in [4.69, 9.17) is 5.73 Å². The quantitative estimate of drug-likeness (QED) is 0.525. The second-order valence-corrected chi connectivity index (χ2v) is 6.41. The van der Waals surface area contributed by atoms with Crippen molar-refractivity contribution in [3.8, 4) is 5.69 Å². The SMILES string of the molecule is NCCCCNc1cc2c(cc1F)c(=O)c(C(=O)O)cn2-c1ccc(F)cc1F. The number of anilines is 1. The van der Waals surface area contributed by atoms with Crippen LogP contribution in [0.25, 0.3) is 16.6 Å². The van der Waals surface area contributed by atoms with Crippen LogP contribution in [0.15, 0.2) is 41.3 Å². The van der Waals surface area contributed by atoms with Crippen LogP contribution in [0.2, 0.25) is 0 Å². The Morgan fingerprint density at radius 1 is 1.10 bits per heavy atom. The lowest BCUT2D eigenvalue weighted by Crippen LogP contribution is -2.19. The molecule has 0 aliphatic carbocycles. The summed E-state index contributed by atoms with van der Waals surface area (Å²) < 4.78 is 43.3. The molecule has 3 rings (SSSR count). The number of rotatable bonds is 7. The average Bonchev–Trinajstić information content (AvgIpc) is 2.67. The molecule has 0 spiro atoms. The van der Waals surface area contributed by atoms with E-state index in [0.29, 0.717) is 25.6 Å². The van der Waals surface area contributed by atoms with E-state index in [1.807, 2.05) is 0 Å². The molecule has 6 nitrogen and oxygen atoms in total. The number of halogens is 3. The summed E-state index contributed by atoms with van der Waals surface area (Å²) >= 11 is 0. The third kappa shape index (κ3) is 4.09. The molecule has 2 aromatic carbocycles. The predicted octanol–water partition coefficient (Wildman–Crippen LogP) is 3.26. The van der Waals surface area contributed by atoms with Crippen LogP contribution in [0.3, 0.4) is 0 Å². The molecule has 0 unspecified atom stereocenters. The maximum absolute atomic E-state index is 14.5. The van der Waals surface area contributed by atoms with Gasteiger partial charge in [-0.15, -0.1) is 0 Å². The highest BCUT2D eigenvalue weighted by molar-refractivity contribution is 5.94. The molecule has 3 aromatic rings. The number of benzene rings is 2. The summed E-state index contributed by atoms with van der Waals surface area (Å²) in [4.78, 5) is 24.0. The van der Waals surface area contributed by atoms with Gasteiger partial charge in [0.2, 0.25) is 5.43 Å². The van der Waals surface area contributed by atoms with Crippen molar-refractivity contribution < 1.29 is 23.1 Å². The van der Waals surface area contributed by atoms with Crippen molar-refractivity contribution in [3.05, 3.63) is 69.8 Å². The van der Waals surface area contributed by atoms with Crippen molar-refractivity contribution in [1.29, 1.82) is 0 Å². The van der Waals surface area contributed by atoms with Crippen molar-refractivity contribution in [3.63, 3.8) is 0 Å². The number of nitrogens with two attached hydrogens (primary N) is 1. The molecule has 0 atom stereocenters. The first-order valence-corrected chi connectivity index (χ1v) is 8.85. The molecular weight excluding hydrogens is 387 g/mol. The Kier molecular flexibility index (Phi) is 5.88. The van der Waals surface area contributed by atoms with E-state index in [0.717, 1.165) is 35.4 Å². The van der Waals surface area contributed by atoms with E-state index >= 15 is 0 Å². The molecule has 152 valence electrons. The van der Waals surface area contributed by atoms with Gasteiger partial charge in [-0.25, -0.2) is 18.0 Å². The van der Waals surface area contributed by atoms with Gasteiger partial charge in [-0.05, 0) is 43.7 Å². The smallest absolute Gasteiger partial charge is 0.341 e. The number of pyridine rings is 1. The number of fused-ring (bicyclic) bond motifs is 1. The minimum absolute atomic E-state index is 0.0632. The minimum Gasteiger partial charge on any atom is -0.477 e. The van der Waals surface area contributed by atoms with Gasteiger partial charge < -0.3 is 20.7 Å². The molecule has 0 radical (unpaired) electrons. The van der Waals surface area contributed by atoms with Gasteiger partial charge in [-0.1, -0.05) is 0 Å². The van der Waals surface area contributed by atoms with E-state index < -0.39 is 34.4 Å². The Labute approximate surface area is 163 Å². The molecule has 0 bridgehead atoms. The van der Waals surface area contributed by atoms with Crippen LogP contribution in [0.1, 0.15) is 23.2 Å². The van der Waals surface area contributed by atoms with Crippen molar-refractivity contribution >= 4 is 22.6 Å². The molecule has 0 aliphatic heterocycles. The van der Waals surface area contributed by atoms with E-state index in [2.05, 4.69) is 5.32 Å². The molecule has 0 saturated heterocycles. The highest BCUT2D eigenvalue weighted by atomic mass is 19.1. The first-order valence-electron chi connectivity index (χ1n) is 8.85. The summed E-state index contributed by atoms with van der Waals surface area (Å²) in [6.45, 7) is 0.908. The van der Waals surface area contributed by atoms with E-state index in [1.165, 1.54) is 6.07 Å². The van der Waals surface area contributed by atoms with Crippen molar-refractivity contribution in [1.82, 2.24) is 4.57 Å². The lowest BCUT2D eigenvalue weighted by Gasteiger charge is -2.15. The molecule has 1 aromatic heterocycles. The summed E-state index contributed by atoms with van der Waals surface area (Å²) in [5, 5.41) is 12.0. The van der Waals surface area contributed by atoms with Crippen LogP contribution in [0.4, 0.5) is 18.9 Å². The van der Waals surface area contributed by atoms with Gasteiger partial charge in [0.25, 0.3) is 0 Å². The van der Waals surface area contributed by atoms with Gasteiger partial charge in [0.05, 0.1) is 16.9 Å². The lowest BCUT2D eigenvalue weighted by atomic mass is 10.1. The largest absolute Gasteiger partial charge is 0.477 e. The van der Waals surface area contributed by atoms with Gasteiger partial charge in [0.15, 0.2) is 0 Å². The van der Waals surface area contributed by atoms with Crippen molar-refractivity contribution in [2.75, 3.05) is 18.4 Å². The number of carboxylic acid groups (broad SMARTS) is 1. The Hall–Kier alpha value is -3.33. The molecular formula is C20H18F3N3O3. The number of nitrogens with zero attached hydrogens (tertiary/aromatic N) is 1. The summed E-state index contributed by atoms with van der Waals surface area (Å²) in [6.07, 6.45) is 2.36. The summed E-state index contributed by atoms with van der Waals surface area (Å²) in [7, 11) is 0. The zero-order valence-corrected chi connectivity index (χ0v) is 15.2. The van der Waals surface area contributed by atoms with Crippen molar-refractivity contribution in [2.45, 2.75) is 12.8 Å². The normalized spacial score (nSPS) is 11.0. The van der Waals surface area contributed by atoms with E-state index in [-0.39, 0.29) is 22.3 Å². The fourth-order valence-corrected chi connectivity index (χ4v) is 3.00. The van der Waals surface area contributed by atoms with E-state index in [9.17, 15) is 27.9 Å². The molecule has 0 aliphatic rings. The standard InChI is InChI=1S/C20H18F3N3O3/c21-11-3-4-17(15(23)7-11)26-10-13(20(28)29)19(27)12-8-14(22)16(9-18(12)26)25-6-2-1-5-24/h3-4,7-10,25H,1-2,5-6,24H2,(H,28,29).